The molecule has 0 aliphatic carbocycles. The molecule has 1 aliphatic heterocycles. The molecule has 2 heterocycles. The van der Waals surface area contributed by atoms with Crippen LogP contribution in [0.15, 0.2) is 61.2 Å². The Morgan fingerprint density at radius 1 is 1.12 bits per heavy atom. The first-order chi connectivity index (χ1) is 16.2. The number of rotatable bonds is 5. The number of carbonyl (C=O) groups is 1. The summed E-state index contributed by atoms with van der Waals surface area (Å²) in [7, 11) is 0. The molecule has 0 saturated carbocycles. The number of nitrogens with zero attached hydrogens (tertiary/aromatic N) is 4. The van der Waals surface area contributed by atoms with E-state index in [1.54, 1.807) is 17.4 Å². The van der Waals surface area contributed by atoms with Crippen LogP contribution in [0.5, 0.6) is 0 Å². The van der Waals surface area contributed by atoms with E-state index >= 15 is 0 Å². The van der Waals surface area contributed by atoms with E-state index < -0.39 is 6.09 Å². The van der Waals surface area contributed by atoms with Crippen molar-refractivity contribution in [2.45, 2.75) is 33.4 Å². The number of piperazine rings is 1. The molecule has 4 rings (SSSR count). The first-order valence-corrected chi connectivity index (χ1v) is 11.8. The fourth-order valence-corrected chi connectivity index (χ4v) is 4.70. The Morgan fingerprint density at radius 2 is 1.85 bits per heavy atom. The molecule has 1 unspecified atom stereocenters. The molecule has 178 valence electrons. The molecule has 7 heteroatoms. The van der Waals surface area contributed by atoms with Crippen molar-refractivity contribution in [3.8, 4) is 0 Å². The molecule has 0 radical (unpaired) electrons. The third-order valence-corrected chi connectivity index (χ3v) is 6.47. The molecular weight excluding hydrogens is 448 g/mol. The van der Waals surface area contributed by atoms with Gasteiger partial charge in [-0.3, -0.25) is 0 Å². The maximum atomic E-state index is 11.7. The minimum absolute atomic E-state index is 0.0577. The molecule has 1 atom stereocenters. The Morgan fingerprint density at radius 3 is 2.50 bits per heavy atom. The van der Waals surface area contributed by atoms with Crippen LogP contribution in [-0.2, 0) is 6.54 Å². The number of benzene rings is 2. The summed E-state index contributed by atoms with van der Waals surface area (Å²) < 4.78 is 2.01. The monoisotopic (exact) mass is 478 g/mol. The molecule has 1 N–H and O–H groups in total. The van der Waals surface area contributed by atoms with Crippen molar-refractivity contribution in [3.63, 3.8) is 0 Å². The van der Waals surface area contributed by atoms with Gasteiger partial charge in [0.25, 0.3) is 0 Å². The van der Waals surface area contributed by atoms with Crippen molar-refractivity contribution in [1.82, 2.24) is 14.5 Å². The highest BCUT2D eigenvalue weighted by atomic mass is 35.5. The lowest BCUT2D eigenvalue weighted by atomic mass is 9.84. The fraction of sp³-hybridized carbons (Fsp3) is 0.333. The third-order valence-electron chi connectivity index (χ3n) is 6.26. The zero-order valence-corrected chi connectivity index (χ0v) is 20.6. The quantitative estimate of drug-likeness (QED) is 0.459. The van der Waals surface area contributed by atoms with Gasteiger partial charge in [-0.2, -0.15) is 0 Å². The summed E-state index contributed by atoms with van der Waals surface area (Å²) in [6, 6.07) is 14.4. The van der Waals surface area contributed by atoms with Crippen molar-refractivity contribution >= 4 is 35.5 Å². The van der Waals surface area contributed by atoms with Crippen LogP contribution in [-0.4, -0.2) is 51.3 Å². The second kappa shape index (κ2) is 9.94. The molecule has 34 heavy (non-hydrogen) atoms. The number of amides is 1. The highest BCUT2D eigenvalue weighted by Crippen LogP contribution is 2.30. The number of halogens is 1. The van der Waals surface area contributed by atoms with Gasteiger partial charge in [-0.25, -0.2) is 9.78 Å². The molecule has 0 bridgehead atoms. The van der Waals surface area contributed by atoms with Crippen molar-refractivity contribution in [2.75, 3.05) is 24.5 Å². The summed E-state index contributed by atoms with van der Waals surface area (Å²) in [5.41, 5.74) is 4.24. The lowest BCUT2D eigenvalue weighted by molar-refractivity contribution is 0.0748. The molecule has 3 aromatic rings. The largest absolute Gasteiger partial charge is 0.465 e. The van der Waals surface area contributed by atoms with Crippen LogP contribution >= 0.6 is 11.6 Å². The topological polar surface area (TPSA) is 61.6 Å². The molecule has 0 spiro atoms. The summed E-state index contributed by atoms with van der Waals surface area (Å²) in [5, 5.41) is 10.3. The lowest BCUT2D eigenvalue weighted by Gasteiger charge is -2.46. The number of imidazole rings is 1. The normalized spacial score (nSPS) is 16.9. The van der Waals surface area contributed by atoms with E-state index in [1.165, 1.54) is 0 Å². The van der Waals surface area contributed by atoms with E-state index in [4.69, 9.17) is 11.6 Å². The summed E-state index contributed by atoms with van der Waals surface area (Å²) in [5.74, 6) is 0. The van der Waals surface area contributed by atoms with Crippen LogP contribution in [0.4, 0.5) is 10.5 Å². The standard InChI is InChI=1S/C27H31ClN4O2/c1-27(2,3)25-18-31(12-13-32(25)26(33)34)24-8-6-20(7-9-24)4-5-21-14-22(16-23(28)15-21)17-30-11-10-29-19-30/h4-11,14-16,19,25H,12-13,17-18H2,1-3H3,(H,33,34)/b5-4+. The van der Waals surface area contributed by atoms with E-state index in [1.807, 2.05) is 22.9 Å². The minimum Gasteiger partial charge on any atom is -0.465 e. The van der Waals surface area contributed by atoms with Gasteiger partial charge in [0.2, 0.25) is 0 Å². The number of aromatic nitrogens is 2. The maximum Gasteiger partial charge on any atom is 0.407 e. The van der Waals surface area contributed by atoms with Crippen LogP contribution in [0, 0.1) is 5.41 Å². The van der Waals surface area contributed by atoms with Gasteiger partial charge in [0.1, 0.15) is 0 Å². The van der Waals surface area contributed by atoms with Crippen molar-refractivity contribution in [2.24, 2.45) is 5.41 Å². The van der Waals surface area contributed by atoms with Gasteiger partial charge in [-0.05, 0) is 52.4 Å². The van der Waals surface area contributed by atoms with Crippen LogP contribution in [0.1, 0.15) is 37.5 Å². The smallest absolute Gasteiger partial charge is 0.407 e. The predicted octanol–water partition coefficient (Wildman–Crippen LogP) is 5.97. The minimum atomic E-state index is -0.839. The van der Waals surface area contributed by atoms with Gasteiger partial charge in [0, 0.05) is 49.3 Å². The van der Waals surface area contributed by atoms with Crippen LogP contribution < -0.4 is 4.90 Å². The number of carboxylic acid groups (broad SMARTS) is 1. The molecule has 1 saturated heterocycles. The molecule has 6 nitrogen and oxygen atoms in total. The van der Waals surface area contributed by atoms with Gasteiger partial charge < -0.3 is 19.5 Å². The third kappa shape index (κ3) is 5.81. The summed E-state index contributed by atoms with van der Waals surface area (Å²) in [6.07, 6.45) is 8.81. The van der Waals surface area contributed by atoms with Gasteiger partial charge >= 0.3 is 6.09 Å². The first kappa shape index (κ1) is 23.9. The van der Waals surface area contributed by atoms with Crippen LogP contribution in [0.25, 0.3) is 12.2 Å². The van der Waals surface area contributed by atoms with E-state index in [0.717, 1.165) is 28.9 Å². The second-order valence-electron chi connectivity index (χ2n) is 9.86. The Bertz CT molecular complexity index is 1150. The number of anilines is 1. The summed E-state index contributed by atoms with van der Waals surface area (Å²) >= 11 is 6.35. The van der Waals surface area contributed by atoms with Crippen LogP contribution in [0.2, 0.25) is 5.02 Å². The fourth-order valence-electron chi connectivity index (χ4n) is 4.43. The number of hydrogen-bond acceptors (Lipinski definition) is 3. The van der Waals surface area contributed by atoms with Gasteiger partial charge in [0.15, 0.2) is 0 Å². The molecule has 2 aromatic carbocycles. The Kier molecular flexibility index (Phi) is 6.98. The van der Waals surface area contributed by atoms with Gasteiger partial charge in [-0.15, -0.1) is 0 Å². The number of hydrogen-bond donors (Lipinski definition) is 1. The maximum absolute atomic E-state index is 11.7. The second-order valence-corrected chi connectivity index (χ2v) is 10.3. The van der Waals surface area contributed by atoms with Crippen molar-refractivity contribution in [3.05, 3.63) is 82.9 Å². The average molecular weight is 479 g/mol. The van der Waals surface area contributed by atoms with E-state index in [0.29, 0.717) is 24.7 Å². The van der Waals surface area contributed by atoms with Gasteiger partial charge in [-0.1, -0.05) is 56.7 Å². The van der Waals surface area contributed by atoms with E-state index in [9.17, 15) is 9.90 Å². The van der Waals surface area contributed by atoms with Crippen molar-refractivity contribution in [1.29, 1.82) is 0 Å². The van der Waals surface area contributed by atoms with E-state index in [2.05, 4.69) is 73.1 Å². The molecular formula is C27H31ClN4O2. The SMILES string of the molecule is CC(C)(C)C1CN(c2ccc(/C=C/c3cc(Cl)cc(Cn4ccnc4)c3)cc2)CCN1C(=O)O. The highest BCUT2D eigenvalue weighted by Gasteiger charge is 2.38. The first-order valence-electron chi connectivity index (χ1n) is 11.5. The highest BCUT2D eigenvalue weighted by molar-refractivity contribution is 6.30. The Labute approximate surface area is 206 Å². The molecule has 1 amide bonds. The molecule has 1 aliphatic rings. The molecule has 1 fully saturated rings. The van der Waals surface area contributed by atoms with Crippen molar-refractivity contribution < 1.29 is 9.90 Å². The summed E-state index contributed by atoms with van der Waals surface area (Å²) in [6.45, 7) is 8.91. The lowest BCUT2D eigenvalue weighted by Crippen LogP contribution is -2.59. The van der Waals surface area contributed by atoms with Gasteiger partial charge in [0.05, 0.1) is 12.4 Å². The molecule has 1 aromatic heterocycles. The summed E-state index contributed by atoms with van der Waals surface area (Å²) in [4.78, 5) is 19.7. The average Bonchev–Trinajstić information content (AvgIpc) is 3.29. The Balaban J connectivity index is 1.45. The zero-order valence-electron chi connectivity index (χ0n) is 19.9. The Hall–Kier alpha value is -3.25. The van der Waals surface area contributed by atoms with E-state index in [-0.39, 0.29) is 11.5 Å². The zero-order chi connectivity index (χ0) is 24.3. The predicted molar refractivity (Wildman–Crippen MR) is 138 cm³/mol. The van der Waals surface area contributed by atoms with Crippen LogP contribution in [0.3, 0.4) is 0 Å².